The Morgan fingerprint density at radius 3 is 2.89 bits per heavy atom. The Labute approximate surface area is 118 Å². The minimum absolute atomic E-state index is 0.737. The van der Waals surface area contributed by atoms with Gasteiger partial charge in [-0.1, -0.05) is 18.2 Å². The molecule has 1 aromatic heterocycles. The summed E-state index contributed by atoms with van der Waals surface area (Å²) in [6.07, 6.45) is 2.99. The topological polar surface area (TPSA) is 33.1 Å². The first-order chi connectivity index (χ1) is 9.15. The van der Waals surface area contributed by atoms with Crippen LogP contribution in [0.15, 0.2) is 30.5 Å². The van der Waals surface area contributed by atoms with Crippen LogP contribution < -0.4 is 10.2 Å². The van der Waals surface area contributed by atoms with E-state index in [1.807, 2.05) is 20.2 Å². The van der Waals surface area contributed by atoms with E-state index in [4.69, 9.17) is 12.2 Å². The molecule has 0 atom stereocenters. The van der Waals surface area contributed by atoms with Gasteiger partial charge >= 0.3 is 0 Å². The van der Waals surface area contributed by atoms with E-state index in [2.05, 4.69) is 39.6 Å². The highest BCUT2D eigenvalue weighted by Crippen LogP contribution is 2.28. The Bertz CT molecular complexity index is 632. The number of benzene rings is 1. The fourth-order valence-corrected chi connectivity index (χ4v) is 2.75. The number of aryl methyl sites for hydroxylation is 2. The molecule has 0 bridgehead atoms. The van der Waals surface area contributed by atoms with E-state index in [0.717, 1.165) is 29.5 Å². The average molecular weight is 272 g/mol. The highest BCUT2D eigenvalue weighted by molar-refractivity contribution is 7.80. The Morgan fingerprint density at radius 2 is 2.16 bits per heavy atom. The van der Waals surface area contributed by atoms with Gasteiger partial charge in [0, 0.05) is 25.5 Å². The standard InChI is InChI=1S/C14H16N4S/c1-10-12(9-17(2)16-10)15-14(19)18-8-7-11-5-3-4-6-13(11)18/h3-6,9H,7-8H2,1-2H3,(H,15,19). The molecule has 1 aliphatic rings. The molecule has 19 heavy (non-hydrogen) atoms. The number of thiocarbonyl (C=S) groups is 1. The molecule has 98 valence electrons. The van der Waals surface area contributed by atoms with Gasteiger partial charge < -0.3 is 10.2 Å². The van der Waals surface area contributed by atoms with Crippen molar-refractivity contribution in [3.63, 3.8) is 0 Å². The molecule has 0 amide bonds. The molecule has 4 nitrogen and oxygen atoms in total. The first kappa shape index (κ1) is 12.2. The second-order valence-corrected chi connectivity index (χ2v) is 5.15. The maximum atomic E-state index is 5.52. The second kappa shape index (κ2) is 4.66. The summed E-state index contributed by atoms with van der Waals surface area (Å²) < 4.78 is 1.79. The van der Waals surface area contributed by atoms with Crippen molar-refractivity contribution in [2.45, 2.75) is 13.3 Å². The van der Waals surface area contributed by atoms with Gasteiger partial charge in [0.15, 0.2) is 5.11 Å². The van der Waals surface area contributed by atoms with Crippen molar-refractivity contribution in [1.82, 2.24) is 9.78 Å². The highest BCUT2D eigenvalue weighted by Gasteiger charge is 2.22. The van der Waals surface area contributed by atoms with Crippen molar-refractivity contribution >= 4 is 28.7 Å². The molecule has 0 saturated heterocycles. The lowest BCUT2D eigenvalue weighted by Gasteiger charge is -2.20. The van der Waals surface area contributed by atoms with Crippen molar-refractivity contribution in [2.75, 3.05) is 16.8 Å². The summed E-state index contributed by atoms with van der Waals surface area (Å²) in [4.78, 5) is 2.15. The van der Waals surface area contributed by atoms with E-state index in [9.17, 15) is 0 Å². The molecule has 0 aliphatic carbocycles. The Kier molecular flexibility index (Phi) is 2.98. The Morgan fingerprint density at radius 1 is 1.37 bits per heavy atom. The Balaban J connectivity index is 1.81. The first-order valence-corrected chi connectivity index (χ1v) is 6.72. The summed E-state index contributed by atoms with van der Waals surface area (Å²) in [7, 11) is 1.91. The summed E-state index contributed by atoms with van der Waals surface area (Å²) >= 11 is 5.52. The van der Waals surface area contributed by atoms with Crippen molar-refractivity contribution in [2.24, 2.45) is 7.05 Å². The molecule has 0 spiro atoms. The SMILES string of the molecule is Cc1nn(C)cc1NC(=S)N1CCc2ccccc21. The van der Waals surface area contributed by atoms with Crippen LogP contribution in [-0.2, 0) is 13.5 Å². The fraction of sp³-hybridized carbons (Fsp3) is 0.286. The lowest BCUT2D eigenvalue weighted by atomic mass is 10.2. The fourth-order valence-electron chi connectivity index (χ4n) is 2.45. The van der Waals surface area contributed by atoms with E-state index in [1.165, 1.54) is 11.3 Å². The Hall–Kier alpha value is -1.88. The molecule has 3 rings (SSSR count). The van der Waals surface area contributed by atoms with Crippen LogP contribution in [-0.4, -0.2) is 21.4 Å². The molecule has 2 heterocycles. The largest absolute Gasteiger partial charge is 0.329 e. The van der Waals surface area contributed by atoms with Crippen LogP contribution in [0.25, 0.3) is 0 Å². The van der Waals surface area contributed by atoms with Gasteiger partial charge in [0.05, 0.1) is 11.4 Å². The van der Waals surface area contributed by atoms with Crippen LogP contribution in [0, 0.1) is 6.92 Å². The molecule has 1 aliphatic heterocycles. The van der Waals surface area contributed by atoms with Gasteiger partial charge in [-0.25, -0.2) is 0 Å². The highest BCUT2D eigenvalue weighted by atomic mass is 32.1. The van der Waals surface area contributed by atoms with Crippen molar-refractivity contribution in [1.29, 1.82) is 0 Å². The van der Waals surface area contributed by atoms with E-state index < -0.39 is 0 Å². The van der Waals surface area contributed by atoms with Gasteiger partial charge in [0.2, 0.25) is 0 Å². The maximum Gasteiger partial charge on any atom is 0.178 e. The first-order valence-electron chi connectivity index (χ1n) is 6.32. The molecule has 5 heteroatoms. The molecule has 0 saturated carbocycles. The number of hydrogen-bond acceptors (Lipinski definition) is 2. The zero-order valence-corrected chi connectivity index (χ0v) is 11.9. The predicted molar refractivity (Wildman–Crippen MR) is 81.7 cm³/mol. The van der Waals surface area contributed by atoms with Crippen LogP contribution in [0.3, 0.4) is 0 Å². The zero-order valence-electron chi connectivity index (χ0n) is 11.1. The van der Waals surface area contributed by atoms with Gasteiger partial charge in [0.1, 0.15) is 0 Å². The summed E-state index contributed by atoms with van der Waals surface area (Å²) in [5.74, 6) is 0. The van der Waals surface area contributed by atoms with Gasteiger partial charge in [-0.15, -0.1) is 0 Å². The molecular formula is C14H16N4S. The third-order valence-electron chi connectivity index (χ3n) is 3.39. The van der Waals surface area contributed by atoms with E-state index in [0.29, 0.717) is 0 Å². The van der Waals surface area contributed by atoms with Crippen LogP contribution >= 0.6 is 12.2 Å². The summed E-state index contributed by atoms with van der Waals surface area (Å²) in [6.45, 7) is 2.91. The molecule has 2 aromatic rings. The van der Waals surface area contributed by atoms with Crippen LogP contribution in [0.4, 0.5) is 11.4 Å². The lowest BCUT2D eigenvalue weighted by molar-refractivity contribution is 0.756. The molecule has 1 N–H and O–H groups in total. The number of rotatable bonds is 1. The van der Waals surface area contributed by atoms with Crippen molar-refractivity contribution in [3.8, 4) is 0 Å². The lowest BCUT2D eigenvalue weighted by Crippen LogP contribution is -2.33. The average Bonchev–Trinajstić information content (AvgIpc) is 2.93. The van der Waals surface area contributed by atoms with Crippen LogP contribution in [0.2, 0.25) is 0 Å². The van der Waals surface area contributed by atoms with Gasteiger partial charge in [-0.2, -0.15) is 5.10 Å². The van der Waals surface area contributed by atoms with E-state index >= 15 is 0 Å². The molecular weight excluding hydrogens is 256 g/mol. The minimum Gasteiger partial charge on any atom is -0.329 e. The van der Waals surface area contributed by atoms with E-state index in [-0.39, 0.29) is 0 Å². The molecule has 0 fully saturated rings. The number of nitrogens with zero attached hydrogens (tertiary/aromatic N) is 3. The van der Waals surface area contributed by atoms with Gasteiger partial charge in [-0.05, 0) is 37.2 Å². The van der Waals surface area contributed by atoms with Crippen molar-refractivity contribution < 1.29 is 0 Å². The molecule has 0 radical (unpaired) electrons. The van der Waals surface area contributed by atoms with Gasteiger partial charge in [-0.3, -0.25) is 4.68 Å². The number of hydrogen-bond donors (Lipinski definition) is 1. The summed E-state index contributed by atoms with van der Waals surface area (Å²) in [6, 6.07) is 8.40. The summed E-state index contributed by atoms with van der Waals surface area (Å²) in [5, 5.41) is 8.34. The molecule has 1 aromatic carbocycles. The van der Waals surface area contributed by atoms with Crippen molar-refractivity contribution in [3.05, 3.63) is 41.7 Å². The maximum absolute atomic E-state index is 5.52. The number of para-hydroxylation sites is 1. The second-order valence-electron chi connectivity index (χ2n) is 4.76. The zero-order chi connectivity index (χ0) is 13.4. The molecule has 0 unspecified atom stereocenters. The monoisotopic (exact) mass is 272 g/mol. The predicted octanol–water partition coefficient (Wildman–Crippen LogP) is 2.49. The smallest absolute Gasteiger partial charge is 0.178 e. The number of anilines is 2. The van der Waals surface area contributed by atoms with Crippen LogP contribution in [0.5, 0.6) is 0 Å². The summed E-state index contributed by atoms with van der Waals surface area (Å²) in [5.41, 5.74) is 4.49. The third-order valence-corrected chi connectivity index (χ3v) is 3.71. The van der Waals surface area contributed by atoms with E-state index in [1.54, 1.807) is 4.68 Å². The number of nitrogens with one attached hydrogen (secondary N) is 1. The normalized spacial score (nSPS) is 13.5. The number of aromatic nitrogens is 2. The quantitative estimate of drug-likeness (QED) is 0.809. The van der Waals surface area contributed by atoms with Crippen LogP contribution in [0.1, 0.15) is 11.3 Å². The number of fused-ring (bicyclic) bond motifs is 1. The third kappa shape index (κ3) is 2.21. The minimum atomic E-state index is 0.737. The van der Waals surface area contributed by atoms with Gasteiger partial charge in [0.25, 0.3) is 0 Å².